The minimum atomic E-state index is -4.98. The molecule has 0 aliphatic carbocycles. The van der Waals surface area contributed by atoms with E-state index in [1.54, 1.807) is 0 Å². The number of alkyl halides is 7. The Kier molecular flexibility index (Phi) is 3.52. The molecule has 1 aromatic carbocycles. The molecule has 0 radical (unpaired) electrons. The molecule has 0 aliphatic rings. The van der Waals surface area contributed by atoms with Crippen molar-refractivity contribution < 1.29 is 26.3 Å². The Morgan fingerprint density at radius 2 is 1.53 bits per heavy atom. The van der Waals surface area contributed by atoms with Crippen molar-refractivity contribution in [2.24, 2.45) is 0 Å². The molecular weight excluding hydrogens is 272 g/mol. The summed E-state index contributed by atoms with van der Waals surface area (Å²) in [6.07, 6.45) is -9.91. The van der Waals surface area contributed by atoms with Gasteiger partial charge in [0.2, 0.25) is 0 Å². The molecule has 8 heteroatoms. The molecule has 0 fully saturated rings. The van der Waals surface area contributed by atoms with Gasteiger partial charge in [-0.3, -0.25) is 0 Å². The molecule has 0 heterocycles. The molecule has 96 valence electrons. The van der Waals surface area contributed by atoms with Crippen LogP contribution in [-0.2, 0) is 18.2 Å². The molecular formula is C9H6ClF6N. The Morgan fingerprint density at radius 3 is 1.88 bits per heavy atom. The van der Waals surface area contributed by atoms with Gasteiger partial charge in [-0.2, -0.15) is 26.3 Å². The van der Waals surface area contributed by atoms with Crippen molar-refractivity contribution in [2.75, 3.05) is 5.73 Å². The van der Waals surface area contributed by atoms with Crippen LogP contribution in [0.4, 0.5) is 32.0 Å². The second kappa shape index (κ2) is 4.29. The van der Waals surface area contributed by atoms with Crippen LogP contribution < -0.4 is 5.73 Å². The third kappa shape index (κ3) is 2.77. The average molecular weight is 278 g/mol. The normalized spacial score (nSPS) is 12.9. The average Bonchev–Trinajstić information content (AvgIpc) is 2.12. The monoisotopic (exact) mass is 277 g/mol. The van der Waals surface area contributed by atoms with Gasteiger partial charge in [0.25, 0.3) is 0 Å². The fraction of sp³-hybridized carbons (Fsp3) is 0.333. The number of nitrogen functional groups attached to an aromatic ring is 1. The van der Waals surface area contributed by atoms with Crippen LogP contribution in [0, 0.1) is 0 Å². The number of nitrogens with two attached hydrogens (primary N) is 1. The number of halogens is 7. The summed E-state index contributed by atoms with van der Waals surface area (Å²) in [6, 6.07) is 1.16. The van der Waals surface area contributed by atoms with Gasteiger partial charge in [-0.1, -0.05) is 6.07 Å². The first-order valence-corrected chi connectivity index (χ1v) is 4.74. The Morgan fingerprint density at radius 1 is 1.00 bits per heavy atom. The molecule has 0 aliphatic heterocycles. The van der Waals surface area contributed by atoms with Crippen molar-refractivity contribution >= 4 is 17.3 Å². The van der Waals surface area contributed by atoms with Crippen LogP contribution in [0.1, 0.15) is 16.7 Å². The predicted octanol–water partition coefficient (Wildman–Crippen LogP) is 4.05. The first-order valence-electron chi connectivity index (χ1n) is 4.20. The third-order valence-electron chi connectivity index (χ3n) is 2.06. The predicted molar refractivity (Wildman–Crippen MR) is 50.4 cm³/mol. The number of benzene rings is 1. The highest BCUT2D eigenvalue weighted by molar-refractivity contribution is 6.17. The zero-order chi connectivity index (χ0) is 13.4. The summed E-state index contributed by atoms with van der Waals surface area (Å²) in [4.78, 5) is 0. The van der Waals surface area contributed by atoms with Gasteiger partial charge in [0.1, 0.15) is 0 Å². The van der Waals surface area contributed by atoms with Crippen LogP contribution in [0.3, 0.4) is 0 Å². The standard InChI is InChI=1S/C9H6ClF6N/c10-3-4-1-2-5(8(11,12)13)7(17)6(4)9(14,15)16/h1-2H,3,17H2. The molecule has 0 atom stereocenters. The largest absolute Gasteiger partial charge is 0.418 e. The molecule has 0 unspecified atom stereocenters. The smallest absolute Gasteiger partial charge is 0.398 e. The van der Waals surface area contributed by atoms with Crippen LogP contribution in [0.15, 0.2) is 12.1 Å². The lowest BCUT2D eigenvalue weighted by Crippen LogP contribution is -2.17. The summed E-state index contributed by atoms with van der Waals surface area (Å²) < 4.78 is 74.8. The fourth-order valence-electron chi connectivity index (χ4n) is 1.36. The highest BCUT2D eigenvalue weighted by atomic mass is 35.5. The van der Waals surface area contributed by atoms with E-state index in [1.807, 2.05) is 0 Å². The molecule has 0 spiro atoms. The quantitative estimate of drug-likeness (QED) is 0.468. The molecule has 0 saturated carbocycles. The second-order valence-electron chi connectivity index (χ2n) is 3.19. The number of anilines is 1. The summed E-state index contributed by atoms with van der Waals surface area (Å²) in [6.45, 7) is 0. The lowest BCUT2D eigenvalue weighted by molar-refractivity contribution is -0.142. The molecule has 2 N–H and O–H groups in total. The van der Waals surface area contributed by atoms with E-state index in [0.29, 0.717) is 12.1 Å². The minimum absolute atomic E-state index is 0.482. The topological polar surface area (TPSA) is 26.0 Å². The minimum Gasteiger partial charge on any atom is -0.398 e. The Balaban J connectivity index is 3.55. The molecule has 1 aromatic rings. The van der Waals surface area contributed by atoms with Gasteiger partial charge in [-0.05, 0) is 11.6 Å². The van der Waals surface area contributed by atoms with Crippen molar-refractivity contribution in [3.63, 3.8) is 0 Å². The van der Waals surface area contributed by atoms with E-state index < -0.39 is 40.6 Å². The summed E-state index contributed by atoms with van der Waals surface area (Å²) >= 11 is 5.24. The molecule has 0 saturated heterocycles. The van der Waals surface area contributed by atoms with E-state index in [1.165, 1.54) is 0 Å². The summed E-state index contributed by atoms with van der Waals surface area (Å²) in [7, 11) is 0. The maximum Gasteiger partial charge on any atom is 0.418 e. The van der Waals surface area contributed by atoms with Crippen LogP contribution in [0.25, 0.3) is 0 Å². The lowest BCUT2D eigenvalue weighted by atomic mass is 10.0. The molecule has 0 bridgehead atoms. The number of rotatable bonds is 1. The van der Waals surface area contributed by atoms with Crippen molar-refractivity contribution in [3.8, 4) is 0 Å². The SMILES string of the molecule is Nc1c(C(F)(F)F)ccc(CCl)c1C(F)(F)F. The Bertz CT molecular complexity index is 423. The van der Waals surface area contributed by atoms with E-state index in [-0.39, 0.29) is 0 Å². The zero-order valence-corrected chi connectivity index (χ0v) is 8.84. The van der Waals surface area contributed by atoms with Gasteiger partial charge >= 0.3 is 12.4 Å². The number of hydrogen-bond donors (Lipinski definition) is 1. The van der Waals surface area contributed by atoms with Gasteiger partial charge in [-0.25, -0.2) is 0 Å². The van der Waals surface area contributed by atoms with Gasteiger partial charge in [0.15, 0.2) is 0 Å². The molecule has 17 heavy (non-hydrogen) atoms. The van der Waals surface area contributed by atoms with E-state index in [2.05, 4.69) is 0 Å². The highest BCUT2D eigenvalue weighted by Gasteiger charge is 2.41. The van der Waals surface area contributed by atoms with Crippen LogP contribution in [0.5, 0.6) is 0 Å². The van der Waals surface area contributed by atoms with Crippen molar-refractivity contribution in [1.29, 1.82) is 0 Å². The summed E-state index contributed by atoms with van der Waals surface area (Å²) in [5.74, 6) is -0.572. The summed E-state index contributed by atoms with van der Waals surface area (Å²) in [5, 5.41) is 0. The maximum atomic E-state index is 12.6. The second-order valence-corrected chi connectivity index (χ2v) is 3.46. The van der Waals surface area contributed by atoms with Crippen molar-refractivity contribution in [1.82, 2.24) is 0 Å². The lowest BCUT2D eigenvalue weighted by Gasteiger charge is -2.18. The van der Waals surface area contributed by atoms with Crippen molar-refractivity contribution in [2.45, 2.75) is 18.2 Å². The zero-order valence-electron chi connectivity index (χ0n) is 8.08. The van der Waals surface area contributed by atoms with Gasteiger partial charge in [-0.15, -0.1) is 11.6 Å². The number of hydrogen-bond acceptors (Lipinski definition) is 1. The highest BCUT2D eigenvalue weighted by Crippen LogP contribution is 2.43. The van der Waals surface area contributed by atoms with Gasteiger partial charge in [0, 0.05) is 5.88 Å². The maximum absolute atomic E-state index is 12.6. The Hall–Kier alpha value is -1.11. The van der Waals surface area contributed by atoms with Gasteiger partial charge in [0.05, 0.1) is 16.8 Å². The van der Waals surface area contributed by atoms with Gasteiger partial charge < -0.3 is 5.73 Å². The molecule has 1 nitrogen and oxygen atoms in total. The molecule has 0 aromatic heterocycles. The molecule has 0 amide bonds. The fourth-order valence-corrected chi connectivity index (χ4v) is 1.58. The van der Waals surface area contributed by atoms with Crippen LogP contribution in [-0.4, -0.2) is 0 Å². The van der Waals surface area contributed by atoms with E-state index in [4.69, 9.17) is 17.3 Å². The van der Waals surface area contributed by atoms with E-state index >= 15 is 0 Å². The van der Waals surface area contributed by atoms with Crippen molar-refractivity contribution in [3.05, 3.63) is 28.8 Å². The first kappa shape index (κ1) is 14.0. The molecule has 1 rings (SSSR count). The summed E-state index contributed by atoms with van der Waals surface area (Å²) in [5.41, 5.74) is 0.0665. The third-order valence-corrected chi connectivity index (χ3v) is 2.35. The van der Waals surface area contributed by atoms with Crippen LogP contribution >= 0.6 is 11.6 Å². The Labute approximate surface area is 97.2 Å². The van der Waals surface area contributed by atoms with E-state index in [0.717, 1.165) is 0 Å². The van der Waals surface area contributed by atoms with Crippen LogP contribution in [0.2, 0.25) is 0 Å². The van der Waals surface area contributed by atoms with E-state index in [9.17, 15) is 26.3 Å². The first-order chi connectivity index (χ1) is 7.59.